The average Bonchev–Trinajstić information content (AvgIpc) is 3.69. The number of imide groups is 1. The van der Waals surface area contributed by atoms with E-state index in [2.05, 4.69) is 26.2 Å². The molecule has 0 aromatic carbocycles. The third kappa shape index (κ3) is 22.9. The Hall–Kier alpha value is -2.26. The molecule has 0 spiro atoms. The maximum Gasteiger partial charge on any atom is 0.246 e. The summed E-state index contributed by atoms with van der Waals surface area (Å²) in [4.78, 5) is 64.2. The number of hydrogen-bond donors (Lipinski definition) is 4. The summed E-state index contributed by atoms with van der Waals surface area (Å²) in [5.74, 6) is 0.0656. The fourth-order valence-corrected chi connectivity index (χ4v) is 6.68. The number of carbonyl (C=O) groups is 5. The van der Waals surface area contributed by atoms with Crippen LogP contribution in [-0.2, 0) is 52.4 Å². The van der Waals surface area contributed by atoms with Gasteiger partial charge < -0.3 is 49.7 Å². The molecule has 4 amide bonds. The molecule has 0 aromatic rings. The number of likely N-dealkylation sites (tertiary alicyclic amines) is 2. The van der Waals surface area contributed by atoms with Crippen LogP contribution in [0.2, 0.25) is 0 Å². The minimum atomic E-state index is -0.487. The highest BCUT2D eigenvalue weighted by molar-refractivity contribution is 8.01. The Labute approximate surface area is 331 Å². The van der Waals surface area contributed by atoms with Gasteiger partial charge in [-0.25, -0.2) is 0 Å². The molecule has 2 saturated heterocycles. The Balaban J connectivity index is 1.67. The number of ether oxygens (including phenoxy) is 6. The fraction of sp³-hybridized carbons (Fsp3) is 0.865. The van der Waals surface area contributed by atoms with Crippen LogP contribution in [0.1, 0.15) is 47.0 Å². The van der Waals surface area contributed by atoms with Crippen LogP contribution in [0, 0.1) is 5.92 Å². The molecule has 4 N–H and O–H groups in total. The van der Waals surface area contributed by atoms with Gasteiger partial charge in [0.1, 0.15) is 19.0 Å². The Morgan fingerprint density at radius 1 is 0.709 bits per heavy atom. The lowest BCUT2D eigenvalue weighted by Gasteiger charge is -2.21. The SMILES string of the molecule is CCCNC(=O)COCCOCCOCCNC1CN(CCN2C(=O)CC(SCC(=O)CC)C2=O)CC1NCCOCCOCCOCC(=O)NCC(C)C. The zero-order valence-corrected chi connectivity index (χ0v) is 34.4. The molecule has 17 nitrogen and oxygen atoms in total. The summed E-state index contributed by atoms with van der Waals surface area (Å²) in [6.45, 7) is 16.9. The molecular formula is C37H68N6O11S. The van der Waals surface area contributed by atoms with Crippen LogP contribution in [0.3, 0.4) is 0 Å². The van der Waals surface area contributed by atoms with Crippen molar-refractivity contribution >= 4 is 41.2 Å². The van der Waals surface area contributed by atoms with E-state index in [1.54, 1.807) is 6.92 Å². The van der Waals surface area contributed by atoms with Crippen molar-refractivity contribution in [2.24, 2.45) is 5.92 Å². The predicted octanol–water partition coefficient (Wildman–Crippen LogP) is -0.544. The number of nitrogens with one attached hydrogen (secondary N) is 4. The molecule has 0 aliphatic carbocycles. The van der Waals surface area contributed by atoms with Gasteiger partial charge in [-0.05, 0) is 12.3 Å². The standard InChI is InChI=1S/C37H68N6O11S/c1-5-7-40-34(45)26-53-20-18-51-16-14-49-12-8-38-31-24-42(10-11-43-36(47)22-33(37(43)48)55-28-30(44)6-2)25-32(31)39-9-13-50-15-17-52-19-21-54-27-35(46)41-23-29(3)4/h29,31-33,38-39H,5-28H2,1-4H3,(H,40,45)(H,41,46). The molecule has 0 aromatic heterocycles. The minimum absolute atomic E-state index is 0.0186. The van der Waals surface area contributed by atoms with E-state index in [9.17, 15) is 24.0 Å². The fourth-order valence-electron chi connectivity index (χ4n) is 5.56. The lowest BCUT2D eigenvalue weighted by molar-refractivity contribution is -0.138. The van der Waals surface area contributed by atoms with Gasteiger partial charge in [0.05, 0.1) is 77.1 Å². The average molecular weight is 805 g/mol. The highest BCUT2D eigenvalue weighted by Crippen LogP contribution is 2.25. The van der Waals surface area contributed by atoms with Crippen LogP contribution in [-0.4, -0.2) is 194 Å². The van der Waals surface area contributed by atoms with Crippen molar-refractivity contribution in [1.82, 2.24) is 31.1 Å². The highest BCUT2D eigenvalue weighted by Gasteiger charge is 2.40. The van der Waals surface area contributed by atoms with Gasteiger partial charge in [0.2, 0.25) is 23.6 Å². The number of Topliss-reactive ketones (excluding diaryl/α,β-unsaturated/α-hetero) is 1. The molecule has 2 rings (SSSR count). The van der Waals surface area contributed by atoms with E-state index in [1.165, 1.54) is 16.7 Å². The number of rotatable bonds is 35. The second-order valence-corrected chi connectivity index (χ2v) is 15.0. The van der Waals surface area contributed by atoms with Gasteiger partial charge in [0, 0.05) is 77.3 Å². The molecule has 55 heavy (non-hydrogen) atoms. The number of ketones is 1. The molecule has 2 aliphatic rings. The molecule has 3 atom stereocenters. The van der Waals surface area contributed by atoms with E-state index < -0.39 is 5.25 Å². The van der Waals surface area contributed by atoms with E-state index in [0.717, 1.165) is 19.5 Å². The van der Waals surface area contributed by atoms with E-state index in [0.29, 0.717) is 118 Å². The molecule has 318 valence electrons. The van der Waals surface area contributed by atoms with Crippen LogP contribution >= 0.6 is 11.8 Å². The van der Waals surface area contributed by atoms with Gasteiger partial charge >= 0.3 is 0 Å². The second-order valence-electron chi connectivity index (χ2n) is 13.8. The Morgan fingerprint density at radius 2 is 1.22 bits per heavy atom. The summed E-state index contributed by atoms with van der Waals surface area (Å²) in [5.41, 5.74) is 0. The number of thioether (sulfide) groups is 1. The van der Waals surface area contributed by atoms with E-state index >= 15 is 0 Å². The number of hydrogen-bond acceptors (Lipinski definition) is 15. The van der Waals surface area contributed by atoms with Crippen molar-refractivity contribution < 1.29 is 52.4 Å². The molecule has 18 heteroatoms. The predicted molar refractivity (Wildman–Crippen MR) is 209 cm³/mol. The first-order valence-corrected chi connectivity index (χ1v) is 20.9. The summed E-state index contributed by atoms with van der Waals surface area (Å²) in [7, 11) is 0. The van der Waals surface area contributed by atoms with Crippen molar-refractivity contribution in [3.63, 3.8) is 0 Å². The second kappa shape index (κ2) is 30.8. The zero-order chi connectivity index (χ0) is 40.1. The van der Waals surface area contributed by atoms with Crippen molar-refractivity contribution in [3.05, 3.63) is 0 Å². The molecular weight excluding hydrogens is 737 g/mol. The molecule has 3 unspecified atom stereocenters. The van der Waals surface area contributed by atoms with Crippen LogP contribution in [0.15, 0.2) is 0 Å². The summed E-state index contributed by atoms with van der Waals surface area (Å²) in [6.07, 6.45) is 1.44. The third-order valence-electron chi connectivity index (χ3n) is 8.62. The quantitative estimate of drug-likeness (QED) is 0.0471. The summed E-state index contributed by atoms with van der Waals surface area (Å²) in [5, 5.41) is 12.3. The number of carbonyl (C=O) groups excluding carboxylic acids is 5. The van der Waals surface area contributed by atoms with Crippen LogP contribution < -0.4 is 21.3 Å². The maximum absolute atomic E-state index is 12.9. The topological polar surface area (TPSA) is 195 Å². The molecule has 0 radical (unpaired) electrons. The van der Waals surface area contributed by atoms with Gasteiger partial charge in [-0.2, -0.15) is 0 Å². The van der Waals surface area contributed by atoms with Crippen LogP contribution in [0.25, 0.3) is 0 Å². The Morgan fingerprint density at radius 3 is 1.73 bits per heavy atom. The van der Waals surface area contributed by atoms with Crippen molar-refractivity contribution in [2.45, 2.75) is 64.3 Å². The Bertz CT molecular complexity index is 1110. The third-order valence-corrected chi connectivity index (χ3v) is 9.88. The zero-order valence-electron chi connectivity index (χ0n) is 33.6. The lowest BCUT2D eigenvalue weighted by Crippen LogP contribution is -2.48. The highest BCUT2D eigenvalue weighted by atomic mass is 32.2. The van der Waals surface area contributed by atoms with Gasteiger partial charge in [-0.1, -0.05) is 27.7 Å². The van der Waals surface area contributed by atoms with Crippen molar-refractivity contribution in [2.75, 3.05) is 137 Å². The van der Waals surface area contributed by atoms with Crippen molar-refractivity contribution in [3.8, 4) is 0 Å². The first kappa shape index (κ1) is 48.9. The first-order valence-electron chi connectivity index (χ1n) is 19.8. The maximum atomic E-state index is 12.9. The van der Waals surface area contributed by atoms with Gasteiger partial charge in [0.15, 0.2) is 0 Å². The van der Waals surface area contributed by atoms with Crippen LogP contribution in [0.5, 0.6) is 0 Å². The summed E-state index contributed by atoms with van der Waals surface area (Å²) >= 11 is 1.27. The summed E-state index contributed by atoms with van der Waals surface area (Å²) < 4.78 is 33.2. The molecule has 2 fully saturated rings. The summed E-state index contributed by atoms with van der Waals surface area (Å²) in [6, 6.07) is 0.214. The van der Waals surface area contributed by atoms with Gasteiger partial charge in [-0.3, -0.25) is 33.8 Å². The van der Waals surface area contributed by atoms with Gasteiger partial charge in [-0.15, -0.1) is 11.8 Å². The molecule has 2 aliphatic heterocycles. The van der Waals surface area contributed by atoms with E-state index in [-0.39, 0.29) is 66.9 Å². The lowest BCUT2D eigenvalue weighted by atomic mass is 10.1. The smallest absolute Gasteiger partial charge is 0.246 e. The van der Waals surface area contributed by atoms with E-state index in [1.807, 2.05) is 20.8 Å². The molecule has 2 heterocycles. The number of amides is 4. The van der Waals surface area contributed by atoms with E-state index in [4.69, 9.17) is 28.4 Å². The monoisotopic (exact) mass is 804 g/mol. The molecule has 0 bridgehead atoms. The van der Waals surface area contributed by atoms with Gasteiger partial charge in [0.25, 0.3) is 0 Å². The molecule has 0 saturated carbocycles. The number of nitrogens with zero attached hydrogens (tertiary/aromatic N) is 2. The van der Waals surface area contributed by atoms with Crippen molar-refractivity contribution in [1.29, 1.82) is 0 Å². The van der Waals surface area contributed by atoms with Crippen LogP contribution in [0.4, 0.5) is 0 Å². The normalized spacial score (nSPS) is 18.9. The Kier molecular flexibility index (Phi) is 27.4. The first-order chi connectivity index (χ1) is 26.6. The minimum Gasteiger partial charge on any atom is -0.378 e. The largest absolute Gasteiger partial charge is 0.378 e.